The fourth-order valence-corrected chi connectivity index (χ4v) is 2.32. The zero-order valence-corrected chi connectivity index (χ0v) is 14.5. The number of benzene rings is 2. The van der Waals surface area contributed by atoms with E-state index in [-0.39, 0.29) is 6.42 Å². The van der Waals surface area contributed by atoms with Gasteiger partial charge in [0.2, 0.25) is 5.91 Å². The van der Waals surface area contributed by atoms with Gasteiger partial charge in [0.05, 0.1) is 13.2 Å². The second kappa shape index (κ2) is 9.80. The Labute approximate surface area is 152 Å². The minimum atomic E-state index is -1.32. The molecule has 1 amide bonds. The standard InChI is InChI=1S/C21H20N2O3/c1-26-18-13-11-17(12-14-18)23-21(25)19(15-22)20(24)10-6-5-9-16-7-3-2-4-8-16/h2-5,7-9,11-14,19H,6,10H2,1H3,(H,23,25)/b9-5+/t19-/m1/s1. The summed E-state index contributed by atoms with van der Waals surface area (Å²) in [5.41, 5.74) is 1.54. The molecule has 2 aromatic rings. The Hall–Kier alpha value is -3.39. The van der Waals surface area contributed by atoms with Gasteiger partial charge in [-0.15, -0.1) is 0 Å². The van der Waals surface area contributed by atoms with E-state index in [1.807, 2.05) is 42.5 Å². The number of allylic oxidation sites excluding steroid dienone is 1. The molecule has 0 saturated carbocycles. The molecule has 5 nitrogen and oxygen atoms in total. The molecule has 1 atom stereocenters. The molecule has 2 aromatic carbocycles. The van der Waals surface area contributed by atoms with E-state index in [4.69, 9.17) is 4.74 Å². The zero-order valence-electron chi connectivity index (χ0n) is 14.5. The van der Waals surface area contributed by atoms with Crippen molar-refractivity contribution in [3.05, 3.63) is 66.2 Å². The van der Waals surface area contributed by atoms with Crippen LogP contribution < -0.4 is 10.1 Å². The van der Waals surface area contributed by atoms with Crippen molar-refractivity contribution in [1.29, 1.82) is 5.26 Å². The molecule has 0 unspecified atom stereocenters. The maximum Gasteiger partial charge on any atom is 0.249 e. The third kappa shape index (κ3) is 5.60. The summed E-state index contributed by atoms with van der Waals surface area (Å²) >= 11 is 0. The number of carbonyl (C=O) groups excluding carboxylic acids is 2. The van der Waals surface area contributed by atoms with Crippen LogP contribution in [0.25, 0.3) is 6.08 Å². The van der Waals surface area contributed by atoms with E-state index in [1.165, 1.54) is 0 Å². The first-order chi connectivity index (χ1) is 12.6. The molecule has 0 saturated heterocycles. The van der Waals surface area contributed by atoms with Gasteiger partial charge in [-0.1, -0.05) is 42.5 Å². The van der Waals surface area contributed by atoms with Crippen molar-refractivity contribution in [3.8, 4) is 11.8 Å². The number of ketones is 1. The molecule has 0 aromatic heterocycles. The topological polar surface area (TPSA) is 79.2 Å². The Bertz CT molecular complexity index is 805. The van der Waals surface area contributed by atoms with E-state index >= 15 is 0 Å². The molecule has 0 aliphatic heterocycles. The van der Waals surface area contributed by atoms with Crippen molar-refractivity contribution in [2.75, 3.05) is 12.4 Å². The SMILES string of the molecule is COc1ccc(NC(=O)[C@H](C#N)C(=O)CC/C=C/c2ccccc2)cc1. The molecule has 0 aliphatic rings. The molecular formula is C21H20N2O3. The molecule has 0 spiro atoms. The molecule has 0 aliphatic carbocycles. The van der Waals surface area contributed by atoms with Crippen LogP contribution in [0.15, 0.2) is 60.7 Å². The molecule has 0 fully saturated rings. The van der Waals surface area contributed by atoms with Crippen molar-refractivity contribution < 1.29 is 14.3 Å². The summed E-state index contributed by atoms with van der Waals surface area (Å²) < 4.78 is 5.04. The van der Waals surface area contributed by atoms with Crippen LogP contribution in [0.3, 0.4) is 0 Å². The Morgan fingerprint density at radius 2 is 1.85 bits per heavy atom. The van der Waals surface area contributed by atoms with Gasteiger partial charge < -0.3 is 10.1 Å². The van der Waals surface area contributed by atoms with Gasteiger partial charge >= 0.3 is 0 Å². The number of ether oxygens (including phenoxy) is 1. The second-order valence-electron chi connectivity index (χ2n) is 5.60. The smallest absolute Gasteiger partial charge is 0.249 e. The summed E-state index contributed by atoms with van der Waals surface area (Å²) in [6.07, 6.45) is 4.38. The maximum atomic E-state index is 12.2. The lowest BCUT2D eigenvalue weighted by molar-refractivity contribution is -0.128. The highest BCUT2D eigenvalue weighted by Crippen LogP contribution is 2.16. The Morgan fingerprint density at radius 1 is 1.15 bits per heavy atom. The normalized spacial score (nSPS) is 11.5. The van der Waals surface area contributed by atoms with Crippen LogP contribution in [0.5, 0.6) is 5.75 Å². The maximum absolute atomic E-state index is 12.2. The highest BCUT2D eigenvalue weighted by Gasteiger charge is 2.25. The van der Waals surface area contributed by atoms with Crippen molar-refractivity contribution in [3.63, 3.8) is 0 Å². The van der Waals surface area contributed by atoms with Crippen LogP contribution in [0.4, 0.5) is 5.69 Å². The number of methoxy groups -OCH3 is 1. The lowest BCUT2D eigenvalue weighted by Crippen LogP contribution is -2.28. The van der Waals surface area contributed by atoms with Crippen LogP contribution >= 0.6 is 0 Å². The van der Waals surface area contributed by atoms with E-state index in [0.29, 0.717) is 17.9 Å². The van der Waals surface area contributed by atoms with E-state index in [2.05, 4.69) is 5.32 Å². The van der Waals surface area contributed by atoms with Crippen molar-refractivity contribution >= 4 is 23.5 Å². The lowest BCUT2D eigenvalue weighted by Gasteiger charge is -2.09. The fraction of sp³-hybridized carbons (Fsp3) is 0.190. The number of Topliss-reactive ketones (excluding diaryl/α,β-unsaturated/α-hetero) is 1. The Morgan fingerprint density at radius 3 is 2.46 bits per heavy atom. The molecular weight excluding hydrogens is 328 g/mol. The number of anilines is 1. The third-order valence-electron chi connectivity index (χ3n) is 3.74. The van der Waals surface area contributed by atoms with E-state index in [1.54, 1.807) is 37.4 Å². The zero-order chi connectivity index (χ0) is 18.8. The molecule has 2 rings (SSSR count). The van der Waals surface area contributed by atoms with Gasteiger partial charge in [0.1, 0.15) is 5.75 Å². The third-order valence-corrected chi connectivity index (χ3v) is 3.74. The first-order valence-electron chi connectivity index (χ1n) is 8.23. The number of hydrogen-bond donors (Lipinski definition) is 1. The van der Waals surface area contributed by atoms with Crippen molar-refractivity contribution in [2.45, 2.75) is 12.8 Å². The summed E-state index contributed by atoms with van der Waals surface area (Å²) in [6, 6.07) is 18.2. The van der Waals surface area contributed by atoms with E-state index in [0.717, 1.165) is 5.56 Å². The summed E-state index contributed by atoms with van der Waals surface area (Å²) in [7, 11) is 1.55. The minimum Gasteiger partial charge on any atom is -0.497 e. The Balaban J connectivity index is 1.87. The minimum absolute atomic E-state index is 0.137. The predicted molar refractivity (Wildman–Crippen MR) is 100 cm³/mol. The van der Waals surface area contributed by atoms with Gasteiger partial charge in [-0.3, -0.25) is 9.59 Å². The first-order valence-corrected chi connectivity index (χ1v) is 8.23. The predicted octanol–water partition coefficient (Wildman–Crippen LogP) is 3.84. The molecule has 5 heteroatoms. The van der Waals surface area contributed by atoms with Crippen LogP contribution in [-0.2, 0) is 9.59 Å². The van der Waals surface area contributed by atoms with Crippen molar-refractivity contribution in [1.82, 2.24) is 0 Å². The fourth-order valence-electron chi connectivity index (χ4n) is 2.32. The number of nitrogens with zero attached hydrogens (tertiary/aromatic N) is 1. The highest BCUT2D eigenvalue weighted by molar-refractivity contribution is 6.09. The summed E-state index contributed by atoms with van der Waals surface area (Å²) in [6.45, 7) is 0. The molecule has 0 radical (unpaired) electrons. The first kappa shape index (κ1) is 18.9. The molecule has 26 heavy (non-hydrogen) atoms. The van der Waals surface area contributed by atoms with Crippen molar-refractivity contribution in [2.24, 2.45) is 5.92 Å². The molecule has 0 bridgehead atoms. The highest BCUT2D eigenvalue weighted by atomic mass is 16.5. The number of nitriles is 1. The number of hydrogen-bond acceptors (Lipinski definition) is 4. The van der Waals surface area contributed by atoms with Crippen LogP contribution in [0, 0.1) is 17.2 Å². The van der Waals surface area contributed by atoms with Gasteiger partial charge in [0, 0.05) is 12.1 Å². The average molecular weight is 348 g/mol. The largest absolute Gasteiger partial charge is 0.497 e. The van der Waals surface area contributed by atoms with Gasteiger partial charge in [-0.25, -0.2) is 0 Å². The monoisotopic (exact) mass is 348 g/mol. The number of rotatable bonds is 8. The quantitative estimate of drug-likeness (QED) is 0.735. The second-order valence-corrected chi connectivity index (χ2v) is 5.60. The summed E-state index contributed by atoms with van der Waals surface area (Å²) in [5, 5.41) is 11.8. The van der Waals surface area contributed by atoms with Crippen LogP contribution in [0.2, 0.25) is 0 Å². The number of carbonyl (C=O) groups is 2. The van der Waals surface area contributed by atoms with Crippen LogP contribution in [0.1, 0.15) is 18.4 Å². The average Bonchev–Trinajstić information content (AvgIpc) is 2.67. The summed E-state index contributed by atoms with van der Waals surface area (Å²) in [5.74, 6) is -1.67. The lowest BCUT2D eigenvalue weighted by atomic mass is 10.0. The van der Waals surface area contributed by atoms with E-state index in [9.17, 15) is 14.9 Å². The molecule has 1 N–H and O–H groups in total. The number of nitrogens with one attached hydrogen (secondary N) is 1. The Kier molecular flexibility index (Phi) is 7.14. The summed E-state index contributed by atoms with van der Waals surface area (Å²) in [4.78, 5) is 24.4. The van der Waals surface area contributed by atoms with Gasteiger partial charge in [0.15, 0.2) is 11.7 Å². The number of amides is 1. The molecule has 0 heterocycles. The van der Waals surface area contributed by atoms with E-state index < -0.39 is 17.6 Å². The molecule has 132 valence electrons. The van der Waals surface area contributed by atoms with Gasteiger partial charge in [0.25, 0.3) is 0 Å². The van der Waals surface area contributed by atoms with Gasteiger partial charge in [-0.05, 0) is 36.2 Å². The van der Waals surface area contributed by atoms with Crippen LogP contribution in [-0.4, -0.2) is 18.8 Å². The van der Waals surface area contributed by atoms with Gasteiger partial charge in [-0.2, -0.15) is 5.26 Å².